The SMILES string of the molecule is Cc1nc(-c2ccccc2NC2CCN(C(C)C)C2)n[nH]1. The predicted molar refractivity (Wildman–Crippen MR) is 85.3 cm³/mol. The smallest absolute Gasteiger partial charge is 0.183 e. The van der Waals surface area contributed by atoms with Gasteiger partial charge in [-0.05, 0) is 39.3 Å². The standard InChI is InChI=1S/C16H23N5/c1-11(2)21-9-8-13(10-21)18-15-7-5-4-6-14(15)16-17-12(3)19-20-16/h4-7,11,13,18H,8-10H2,1-3H3,(H,17,19,20). The second-order valence-electron chi connectivity index (χ2n) is 6.01. The summed E-state index contributed by atoms with van der Waals surface area (Å²) in [6.45, 7) is 8.69. The molecule has 0 aliphatic carbocycles. The van der Waals surface area contributed by atoms with E-state index in [1.54, 1.807) is 0 Å². The van der Waals surface area contributed by atoms with E-state index >= 15 is 0 Å². The molecule has 1 aliphatic rings. The van der Waals surface area contributed by atoms with E-state index in [0.717, 1.165) is 36.0 Å². The van der Waals surface area contributed by atoms with Gasteiger partial charge in [-0.1, -0.05) is 12.1 Å². The van der Waals surface area contributed by atoms with Crippen molar-refractivity contribution in [2.24, 2.45) is 0 Å². The number of aromatic nitrogens is 3. The van der Waals surface area contributed by atoms with Gasteiger partial charge in [-0.3, -0.25) is 10.00 Å². The van der Waals surface area contributed by atoms with E-state index in [4.69, 9.17) is 0 Å². The molecule has 1 unspecified atom stereocenters. The number of H-pyrrole nitrogens is 1. The van der Waals surface area contributed by atoms with Gasteiger partial charge in [0.15, 0.2) is 5.82 Å². The molecule has 112 valence electrons. The van der Waals surface area contributed by atoms with Crippen molar-refractivity contribution in [2.75, 3.05) is 18.4 Å². The molecule has 1 saturated heterocycles. The minimum Gasteiger partial charge on any atom is -0.380 e. The summed E-state index contributed by atoms with van der Waals surface area (Å²) in [4.78, 5) is 6.95. The maximum absolute atomic E-state index is 4.44. The molecule has 1 aromatic carbocycles. The Kier molecular flexibility index (Phi) is 3.92. The van der Waals surface area contributed by atoms with E-state index in [1.165, 1.54) is 6.42 Å². The van der Waals surface area contributed by atoms with E-state index < -0.39 is 0 Å². The van der Waals surface area contributed by atoms with Crippen molar-refractivity contribution in [3.8, 4) is 11.4 Å². The normalized spacial score (nSPS) is 19.3. The highest BCUT2D eigenvalue weighted by Crippen LogP contribution is 2.27. The number of aromatic amines is 1. The lowest BCUT2D eigenvalue weighted by atomic mass is 10.1. The number of rotatable bonds is 4. The van der Waals surface area contributed by atoms with Crippen LogP contribution in [0.15, 0.2) is 24.3 Å². The summed E-state index contributed by atoms with van der Waals surface area (Å²) in [5.74, 6) is 1.60. The highest BCUT2D eigenvalue weighted by atomic mass is 15.2. The third kappa shape index (κ3) is 3.08. The molecular weight excluding hydrogens is 262 g/mol. The zero-order chi connectivity index (χ0) is 14.8. The molecule has 21 heavy (non-hydrogen) atoms. The van der Waals surface area contributed by atoms with Crippen molar-refractivity contribution in [1.82, 2.24) is 20.1 Å². The van der Waals surface area contributed by atoms with Gasteiger partial charge in [0.1, 0.15) is 5.82 Å². The first-order chi connectivity index (χ1) is 10.1. The second kappa shape index (κ2) is 5.85. The summed E-state index contributed by atoms with van der Waals surface area (Å²) < 4.78 is 0. The number of likely N-dealkylation sites (tertiary alicyclic amines) is 1. The Morgan fingerprint density at radius 1 is 1.33 bits per heavy atom. The maximum Gasteiger partial charge on any atom is 0.183 e. The van der Waals surface area contributed by atoms with E-state index in [2.05, 4.69) is 57.4 Å². The number of nitrogens with one attached hydrogen (secondary N) is 2. The fourth-order valence-electron chi connectivity index (χ4n) is 2.86. The van der Waals surface area contributed by atoms with Crippen molar-refractivity contribution in [1.29, 1.82) is 0 Å². The Morgan fingerprint density at radius 3 is 2.81 bits per heavy atom. The second-order valence-corrected chi connectivity index (χ2v) is 6.01. The van der Waals surface area contributed by atoms with Crippen LogP contribution in [-0.4, -0.2) is 45.3 Å². The molecule has 0 amide bonds. The van der Waals surface area contributed by atoms with Gasteiger partial charge in [0.25, 0.3) is 0 Å². The predicted octanol–water partition coefficient (Wildman–Crippen LogP) is 2.67. The third-order valence-corrected chi connectivity index (χ3v) is 4.07. The molecule has 2 aromatic rings. The van der Waals surface area contributed by atoms with E-state index in [9.17, 15) is 0 Å². The van der Waals surface area contributed by atoms with Crippen molar-refractivity contribution in [2.45, 2.75) is 39.3 Å². The molecule has 1 aromatic heterocycles. The Balaban J connectivity index is 1.77. The topological polar surface area (TPSA) is 56.8 Å². The van der Waals surface area contributed by atoms with Crippen molar-refractivity contribution < 1.29 is 0 Å². The van der Waals surface area contributed by atoms with Crippen LogP contribution in [0.25, 0.3) is 11.4 Å². The molecule has 0 spiro atoms. The lowest BCUT2D eigenvalue weighted by molar-refractivity contribution is 0.274. The van der Waals surface area contributed by atoms with Crippen LogP contribution >= 0.6 is 0 Å². The average Bonchev–Trinajstić information content (AvgIpc) is 3.09. The first-order valence-corrected chi connectivity index (χ1v) is 7.62. The summed E-state index contributed by atoms with van der Waals surface area (Å²) in [6, 6.07) is 9.37. The molecule has 0 bridgehead atoms. The summed E-state index contributed by atoms with van der Waals surface area (Å²) in [5, 5.41) is 10.9. The summed E-state index contributed by atoms with van der Waals surface area (Å²) in [5.41, 5.74) is 2.18. The third-order valence-electron chi connectivity index (χ3n) is 4.07. The monoisotopic (exact) mass is 285 g/mol. The van der Waals surface area contributed by atoms with Crippen molar-refractivity contribution in [3.63, 3.8) is 0 Å². The zero-order valence-corrected chi connectivity index (χ0v) is 12.9. The Morgan fingerprint density at radius 2 is 2.14 bits per heavy atom. The lowest BCUT2D eigenvalue weighted by Gasteiger charge is -2.21. The van der Waals surface area contributed by atoms with E-state index in [1.807, 2.05) is 13.0 Å². The van der Waals surface area contributed by atoms with Crippen LogP contribution in [-0.2, 0) is 0 Å². The largest absolute Gasteiger partial charge is 0.380 e. The van der Waals surface area contributed by atoms with Crippen LogP contribution in [0.1, 0.15) is 26.1 Å². The summed E-state index contributed by atoms with van der Waals surface area (Å²) in [6.07, 6.45) is 1.18. The fraction of sp³-hybridized carbons (Fsp3) is 0.500. The molecule has 5 heteroatoms. The highest BCUT2D eigenvalue weighted by molar-refractivity contribution is 5.73. The minimum absolute atomic E-state index is 0.494. The average molecular weight is 285 g/mol. The number of nitrogens with zero attached hydrogens (tertiary/aromatic N) is 3. The summed E-state index contributed by atoms with van der Waals surface area (Å²) >= 11 is 0. The molecule has 1 aliphatic heterocycles. The van der Waals surface area contributed by atoms with Gasteiger partial charge in [0.05, 0.1) is 0 Å². The van der Waals surface area contributed by atoms with Crippen LogP contribution < -0.4 is 5.32 Å². The quantitative estimate of drug-likeness (QED) is 0.907. The first-order valence-electron chi connectivity index (χ1n) is 7.62. The lowest BCUT2D eigenvalue weighted by Crippen LogP contribution is -2.31. The van der Waals surface area contributed by atoms with E-state index in [-0.39, 0.29) is 0 Å². The van der Waals surface area contributed by atoms with Crippen LogP contribution in [0.2, 0.25) is 0 Å². The number of aryl methyl sites for hydroxylation is 1. The highest BCUT2D eigenvalue weighted by Gasteiger charge is 2.24. The molecule has 1 atom stereocenters. The van der Waals surface area contributed by atoms with Gasteiger partial charge in [0, 0.05) is 36.4 Å². The van der Waals surface area contributed by atoms with Gasteiger partial charge >= 0.3 is 0 Å². The molecule has 0 radical (unpaired) electrons. The molecule has 1 fully saturated rings. The molecule has 2 heterocycles. The van der Waals surface area contributed by atoms with Gasteiger partial charge in [0.2, 0.25) is 0 Å². The van der Waals surface area contributed by atoms with E-state index in [0.29, 0.717) is 12.1 Å². The Labute approximate surface area is 125 Å². The van der Waals surface area contributed by atoms with Crippen molar-refractivity contribution in [3.05, 3.63) is 30.1 Å². The molecule has 3 rings (SSSR count). The van der Waals surface area contributed by atoms with Crippen LogP contribution in [0, 0.1) is 6.92 Å². The first kappa shape index (κ1) is 14.1. The summed E-state index contributed by atoms with van der Waals surface area (Å²) in [7, 11) is 0. The van der Waals surface area contributed by atoms with Crippen LogP contribution in [0.5, 0.6) is 0 Å². The zero-order valence-electron chi connectivity index (χ0n) is 12.9. The van der Waals surface area contributed by atoms with Crippen LogP contribution in [0.4, 0.5) is 5.69 Å². The maximum atomic E-state index is 4.44. The molecule has 2 N–H and O–H groups in total. The van der Waals surface area contributed by atoms with Gasteiger partial charge in [-0.2, -0.15) is 5.10 Å². The fourth-order valence-corrected chi connectivity index (χ4v) is 2.86. The Bertz CT molecular complexity index is 604. The van der Waals surface area contributed by atoms with Crippen molar-refractivity contribution >= 4 is 5.69 Å². The number of para-hydroxylation sites is 1. The van der Waals surface area contributed by atoms with Gasteiger partial charge < -0.3 is 5.32 Å². The number of hydrogen-bond acceptors (Lipinski definition) is 4. The molecule has 5 nitrogen and oxygen atoms in total. The number of hydrogen-bond donors (Lipinski definition) is 2. The number of benzene rings is 1. The molecule has 0 saturated carbocycles. The Hall–Kier alpha value is -1.88. The molecular formula is C16H23N5. The van der Waals surface area contributed by atoms with Gasteiger partial charge in [-0.15, -0.1) is 0 Å². The minimum atomic E-state index is 0.494. The van der Waals surface area contributed by atoms with Crippen LogP contribution in [0.3, 0.4) is 0 Å². The van der Waals surface area contributed by atoms with Gasteiger partial charge in [-0.25, -0.2) is 4.98 Å². The number of anilines is 1.